The van der Waals surface area contributed by atoms with E-state index in [1.165, 1.54) is 11.1 Å². The molecule has 1 aliphatic rings. The molecule has 1 heterocycles. The first-order valence-electron chi connectivity index (χ1n) is 6.83. The average molecular weight is 282 g/mol. The first-order chi connectivity index (χ1) is 9.09. The van der Waals surface area contributed by atoms with Gasteiger partial charge in [-0.3, -0.25) is 0 Å². The summed E-state index contributed by atoms with van der Waals surface area (Å²) in [5, 5.41) is 2.86. The highest BCUT2D eigenvalue weighted by Gasteiger charge is 2.26. The summed E-state index contributed by atoms with van der Waals surface area (Å²) in [5.74, 6) is 0. The number of hydrogen-bond acceptors (Lipinski definition) is 3. The highest BCUT2D eigenvalue weighted by Crippen LogP contribution is 2.11. The van der Waals surface area contributed by atoms with Crippen molar-refractivity contribution in [1.29, 1.82) is 0 Å². The van der Waals surface area contributed by atoms with Crippen molar-refractivity contribution in [2.75, 3.05) is 19.6 Å². The molecule has 0 spiro atoms. The number of aryl methyl sites for hydroxylation is 1. The SMILES string of the molecule is Cc1ccccc1CCNS(=O)(=O)C1CCCNC1. The van der Waals surface area contributed by atoms with Crippen LogP contribution < -0.4 is 10.0 Å². The molecule has 1 aliphatic heterocycles. The second-order valence-corrected chi connectivity index (χ2v) is 7.13. The molecular formula is C14H22N2O2S. The maximum absolute atomic E-state index is 12.1. The van der Waals surface area contributed by atoms with Gasteiger partial charge in [-0.15, -0.1) is 0 Å². The molecule has 1 unspecified atom stereocenters. The smallest absolute Gasteiger partial charge is 0.215 e. The van der Waals surface area contributed by atoms with Crippen LogP contribution in [0.3, 0.4) is 0 Å². The third-order valence-corrected chi connectivity index (χ3v) is 5.54. The molecular weight excluding hydrogens is 260 g/mol. The maximum atomic E-state index is 12.1. The van der Waals surface area contributed by atoms with Crippen molar-refractivity contribution in [3.63, 3.8) is 0 Å². The number of nitrogens with one attached hydrogen (secondary N) is 2. The van der Waals surface area contributed by atoms with E-state index >= 15 is 0 Å². The summed E-state index contributed by atoms with van der Waals surface area (Å²) in [7, 11) is -3.18. The normalized spacial score (nSPS) is 20.4. The van der Waals surface area contributed by atoms with Crippen LogP contribution >= 0.6 is 0 Å². The molecule has 1 atom stereocenters. The lowest BCUT2D eigenvalue weighted by Gasteiger charge is -2.23. The third kappa shape index (κ3) is 4.03. The Morgan fingerprint density at radius 1 is 1.37 bits per heavy atom. The lowest BCUT2D eigenvalue weighted by Crippen LogP contribution is -2.44. The van der Waals surface area contributed by atoms with E-state index in [2.05, 4.69) is 23.0 Å². The van der Waals surface area contributed by atoms with Gasteiger partial charge in [-0.1, -0.05) is 24.3 Å². The molecule has 1 fully saturated rings. The number of piperidine rings is 1. The lowest BCUT2D eigenvalue weighted by molar-refractivity contribution is 0.490. The van der Waals surface area contributed by atoms with Gasteiger partial charge in [0.05, 0.1) is 5.25 Å². The van der Waals surface area contributed by atoms with E-state index in [0.717, 1.165) is 25.8 Å². The van der Waals surface area contributed by atoms with Crippen molar-refractivity contribution in [1.82, 2.24) is 10.0 Å². The van der Waals surface area contributed by atoms with E-state index < -0.39 is 10.0 Å². The summed E-state index contributed by atoms with van der Waals surface area (Å²) < 4.78 is 27.0. The standard InChI is InChI=1S/C14H22N2O2S/c1-12-5-2-3-6-13(12)8-10-16-19(17,18)14-7-4-9-15-11-14/h2-3,5-6,14-16H,4,7-11H2,1H3. The molecule has 0 saturated carbocycles. The first kappa shape index (κ1) is 14.5. The highest BCUT2D eigenvalue weighted by atomic mass is 32.2. The Morgan fingerprint density at radius 3 is 2.84 bits per heavy atom. The van der Waals surface area contributed by atoms with Gasteiger partial charge in [0, 0.05) is 13.1 Å². The van der Waals surface area contributed by atoms with Crippen LogP contribution in [0.15, 0.2) is 24.3 Å². The first-order valence-corrected chi connectivity index (χ1v) is 8.38. The monoisotopic (exact) mass is 282 g/mol. The fourth-order valence-electron chi connectivity index (χ4n) is 2.42. The topological polar surface area (TPSA) is 58.2 Å². The van der Waals surface area contributed by atoms with E-state index in [1.807, 2.05) is 18.2 Å². The Kier molecular flexibility index (Phi) is 4.96. The van der Waals surface area contributed by atoms with Crippen molar-refractivity contribution in [2.24, 2.45) is 0 Å². The van der Waals surface area contributed by atoms with Crippen molar-refractivity contribution in [3.8, 4) is 0 Å². The summed E-state index contributed by atoms with van der Waals surface area (Å²) >= 11 is 0. The molecule has 0 radical (unpaired) electrons. The number of hydrogen-bond donors (Lipinski definition) is 2. The van der Waals surface area contributed by atoms with Gasteiger partial charge in [-0.05, 0) is 43.9 Å². The molecule has 1 aromatic rings. The second-order valence-electron chi connectivity index (χ2n) is 5.08. The van der Waals surface area contributed by atoms with Crippen LogP contribution in [0.5, 0.6) is 0 Å². The van der Waals surface area contributed by atoms with E-state index in [-0.39, 0.29) is 5.25 Å². The predicted molar refractivity (Wildman–Crippen MR) is 77.7 cm³/mol. The summed E-state index contributed by atoms with van der Waals surface area (Å²) in [6.07, 6.45) is 2.43. The van der Waals surface area contributed by atoms with Gasteiger partial charge in [-0.25, -0.2) is 13.1 Å². The van der Waals surface area contributed by atoms with Gasteiger partial charge < -0.3 is 5.32 Å². The molecule has 19 heavy (non-hydrogen) atoms. The maximum Gasteiger partial charge on any atom is 0.215 e. The van der Waals surface area contributed by atoms with Crippen molar-refractivity contribution >= 4 is 10.0 Å². The number of sulfonamides is 1. The largest absolute Gasteiger partial charge is 0.315 e. The lowest BCUT2D eigenvalue weighted by atomic mass is 10.1. The highest BCUT2D eigenvalue weighted by molar-refractivity contribution is 7.90. The Labute approximate surface area is 115 Å². The molecule has 2 N–H and O–H groups in total. The second kappa shape index (κ2) is 6.50. The van der Waals surface area contributed by atoms with Gasteiger partial charge >= 0.3 is 0 Å². The average Bonchev–Trinajstić information content (AvgIpc) is 2.42. The summed E-state index contributed by atoms with van der Waals surface area (Å²) in [6, 6.07) is 8.08. The van der Waals surface area contributed by atoms with Gasteiger partial charge in [0.15, 0.2) is 0 Å². The zero-order valence-electron chi connectivity index (χ0n) is 11.4. The van der Waals surface area contributed by atoms with E-state index in [9.17, 15) is 8.42 Å². The zero-order valence-corrected chi connectivity index (χ0v) is 12.2. The minimum absolute atomic E-state index is 0.280. The van der Waals surface area contributed by atoms with Crippen LogP contribution in [0.2, 0.25) is 0 Å². The van der Waals surface area contributed by atoms with Crippen LogP contribution in [0.25, 0.3) is 0 Å². The Morgan fingerprint density at radius 2 is 2.16 bits per heavy atom. The van der Waals surface area contributed by atoms with Crippen molar-refractivity contribution in [3.05, 3.63) is 35.4 Å². The summed E-state index contributed by atoms with van der Waals surface area (Å²) in [4.78, 5) is 0. The third-order valence-electron chi connectivity index (χ3n) is 3.65. The zero-order chi connectivity index (χ0) is 13.7. The molecule has 0 aliphatic carbocycles. The molecule has 0 aromatic heterocycles. The Balaban J connectivity index is 1.86. The van der Waals surface area contributed by atoms with Crippen LogP contribution in [-0.2, 0) is 16.4 Å². The molecule has 1 aromatic carbocycles. The Hall–Kier alpha value is -0.910. The minimum Gasteiger partial charge on any atom is -0.315 e. The fourth-order valence-corrected chi connectivity index (χ4v) is 3.86. The van der Waals surface area contributed by atoms with Crippen LogP contribution in [0.4, 0.5) is 0 Å². The molecule has 1 saturated heterocycles. The Bertz CT molecular complexity index is 508. The molecule has 4 nitrogen and oxygen atoms in total. The minimum atomic E-state index is -3.18. The molecule has 0 amide bonds. The molecule has 0 bridgehead atoms. The molecule has 106 valence electrons. The summed E-state index contributed by atoms with van der Waals surface area (Å²) in [5.41, 5.74) is 2.41. The van der Waals surface area contributed by atoms with E-state index in [1.54, 1.807) is 0 Å². The van der Waals surface area contributed by atoms with Crippen molar-refractivity contribution in [2.45, 2.75) is 31.4 Å². The van der Waals surface area contributed by atoms with Gasteiger partial charge in [0.2, 0.25) is 10.0 Å². The van der Waals surface area contributed by atoms with Crippen LogP contribution in [0.1, 0.15) is 24.0 Å². The number of benzene rings is 1. The quantitative estimate of drug-likeness (QED) is 0.853. The van der Waals surface area contributed by atoms with Crippen LogP contribution in [-0.4, -0.2) is 33.3 Å². The summed E-state index contributed by atoms with van der Waals surface area (Å²) in [6.45, 7) is 4.02. The van der Waals surface area contributed by atoms with E-state index in [4.69, 9.17) is 0 Å². The molecule has 2 rings (SSSR count). The van der Waals surface area contributed by atoms with Crippen LogP contribution in [0, 0.1) is 6.92 Å². The van der Waals surface area contributed by atoms with Crippen molar-refractivity contribution < 1.29 is 8.42 Å². The predicted octanol–water partition coefficient (Wildman–Crippen LogP) is 1.21. The van der Waals surface area contributed by atoms with Gasteiger partial charge in [-0.2, -0.15) is 0 Å². The molecule has 5 heteroatoms. The number of rotatable bonds is 5. The fraction of sp³-hybridized carbons (Fsp3) is 0.571. The van der Waals surface area contributed by atoms with E-state index in [0.29, 0.717) is 13.1 Å². The van der Waals surface area contributed by atoms with Gasteiger partial charge in [0.25, 0.3) is 0 Å². The van der Waals surface area contributed by atoms with Gasteiger partial charge in [0.1, 0.15) is 0 Å².